The zero-order valence-electron chi connectivity index (χ0n) is 20.0. The summed E-state index contributed by atoms with van der Waals surface area (Å²) in [6.07, 6.45) is 9.04. The highest BCUT2D eigenvalue weighted by atomic mass is 28.4. The zero-order valence-corrected chi connectivity index (χ0v) is 21.0. The average molecular weight is 429 g/mol. The van der Waals surface area contributed by atoms with Crippen molar-refractivity contribution in [1.82, 2.24) is 0 Å². The molecule has 170 valence electrons. The van der Waals surface area contributed by atoms with E-state index in [1.807, 2.05) is 6.92 Å². The van der Waals surface area contributed by atoms with Gasteiger partial charge in [0.2, 0.25) is 0 Å². The van der Waals surface area contributed by atoms with Crippen LogP contribution in [-0.2, 0) is 23.4 Å². The van der Waals surface area contributed by atoms with E-state index in [-0.39, 0.29) is 16.6 Å². The van der Waals surface area contributed by atoms with E-state index in [9.17, 15) is 0 Å². The molecule has 0 aromatic carbocycles. The highest BCUT2D eigenvalue weighted by Crippen LogP contribution is 2.54. The van der Waals surface area contributed by atoms with E-state index in [2.05, 4.69) is 52.9 Å². The molecule has 1 aliphatic heterocycles. The quantitative estimate of drug-likeness (QED) is 0.188. The lowest BCUT2D eigenvalue weighted by atomic mass is 9.56. The van der Waals surface area contributed by atoms with Crippen molar-refractivity contribution < 1.29 is 23.4 Å². The van der Waals surface area contributed by atoms with Crippen molar-refractivity contribution in [3.63, 3.8) is 0 Å². The van der Waals surface area contributed by atoms with Crippen LogP contribution in [0.1, 0.15) is 60.3 Å². The van der Waals surface area contributed by atoms with Crippen LogP contribution in [-0.4, -0.2) is 53.9 Å². The van der Waals surface area contributed by atoms with E-state index in [0.29, 0.717) is 32.5 Å². The second kappa shape index (κ2) is 9.92. The maximum absolute atomic E-state index is 6.78. The van der Waals surface area contributed by atoms with E-state index >= 15 is 0 Å². The van der Waals surface area contributed by atoms with Crippen molar-refractivity contribution in [2.75, 3.05) is 33.7 Å². The van der Waals surface area contributed by atoms with Crippen LogP contribution in [0.15, 0.2) is 12.2 Å². The fraction of sp³-hybridized carbons (Fsp3) is 0.913. The molecule has 2 fully saturated rings. The molecule has 0 N–H and O–H groups in total. The van der Waals surface area contributed by atoms with Crippen molar-refractivity contribution >= 4 is 8.32 Å². The van der Waals surface area contributed by atoms with Crippen LogP contribution in [0, 0.1) is 11.3 Å². The van der Waals surface area contributed by atoms with E-state index in [1.165, 1.54) is 12.8 Å². The lowest BCUT2D eigenvalue weighted by Crippen LogP contribution is -2.51. The van der Waals surface area contributed by atoms with E-state index < -0.39 is 14.1 Å². The maximum Gasteiger partial charge on any atom is 0.192 e. The molecule has 0 amide bonds. The first-order valence-corrected chi connectivity index (χ1v) is 14.1. The van der Waals surface area contributed by atoms with Crippen molar-refractivity contribution in [3.8, 4) is 0 Å². The molecule has 2 aliphatic rings. The van der Waals surface area contributed by atoms with Gasteiger partial charge in [0.25, 0.3) is 0 Å². The molecule has 0 bridgehead atoms. The zero-order chi connectivity index (χ0) is 21.8. The summed E-state index contributed by atoms with van der Waals surface area (Å²) >= 11 is 0. The van der Waals surface area contributed by atoms with E-state index in [4.69, 9.17) is 23.4 Å². The van der Waals surface area contributed by atoms with E-state index in [0.717, 1.165) is 12.8 Å². The molecule has 5 nitrogen and oxygen atoms in total. The first-order valence-electron chi connectivity index (χ1n) is 11.1. The number of hydrogen-bond acceptors (Lipinski definition) is 5. The molecule has 0 aromatic heterocycles. The van der Waals surface area contributed by atoms with Crippen LogP contribution < -0.4 is 0 Å². The normalized spacial score (nSPS) is 28.6. The van der Waals surface area contributed by atoms with E-state index in [1.54, 1.807) is 7.11 Å². The lowest BCUT2D eigenvalue weighted by Gasteiger charge is -2.53. The summed E-state index contributed by atoms with van der Waals surface area (Å²) in [7, 11) is -0.133. The minimum Gasteiger partial charge on any atom is -0.414 e. The second-order valence-corrected chi connectivity index (χ2v) is 15.2. The molecule has 1 saturated carbocycles. The Hall–Kier alpha value is -0.243. The van der Waals surface area contributed by atoms with Gasteiger partial charge in [0.15, 0.2) is 14.1 Å². The molecule has 1 unspecified atom stereocenters. The summed E-state index contributed by atoms with van der Waals surface area (Å²) in [5.41, 5.74) is 0.116. The molecular formula is C23H44O5Si. The number of rotatable bonds is 11. The fourth-order valence-corrected chi connectivity index (χ4v) is 5.74. The van der Waals surface area contributed by atoms with Gasteiger partial charge in [-0.25, -0.2) is 0 Å². The number of ether oxygens (including phenoxy) is 4. The van der Waals surface area contributed by atoms with Crippen LogP contribution in [0.5, 0.6) is 0 Å². The van der Waals surface area contributed by atoms with Gasteiger partial charge < -0.3 is 23.4 Å². The topological polar surface area (TPSA) is 46.2 Å². The van der Waals surface area contributed by atoms with Crippen molar-refractivity contribution in [1.29, 1.82) is 0 Å². The molecule has 1 aliphatic carbocycles. The predicted octanol–water partition coefficient (Wildman–Crippen LogP) is 5.51. The molecule has 1 saturated heterocycles. The van der Waals surface area contributed by atoms with Gasteiger partial charge in [-0.2, -0.15) is 0 Å². The summed E-state index contributed by atoms with van der Waals surface area (Å²) in [6.45, 7) is 18.3. The van der Waals surface area contributed by atoms with Gasteiger partial charge >= 0.3 is 0 Å². The Balaban J connectivity index is 2.07. The Morgan fingerprint density at radius 1 is 1.21 bits per heavy atom. The Labute approximate surface area is 179 Å². The lowest BCUT2D eigenvalue weighted by molar-refractivity contribution is -0.138. The molecule has 6 heteroatoms. The third kappa shape index (κ3) is 6.37. The predicted molar refractivity (Wildman–Crippen MR) is 119 cm³/mol. The molecule has 0 spiro atoms. The van der Waals surface area contributed by atoms with Gasteiger partial charge in [-0.1, -0.05) is 32.9 Å². The van der Waals surface area contributed by atoms with Crippen LogP contribution >= 0.6 is 0 Å². The number of hydrogen-bond donors (Lipinski definition) is 0. The third-order valence-corrected chi connectivity index (χ3v) is 11.8. The number of methoxy groups -OCH3 is 1. The van der Waals surface area contributed by atoms with Gasteiger partial charge in [-0.15, -0.1) is 0 Å². The van der Waals surface area contributed by atoms with Crippen molar-refractivity contribution in [2.24, 2.45) is 11.3 Å². The Bertz CT molecular complexity index is 536. The standard InChI is InChI=1S/C23H44O5Si/c1-19(28-29(7,8)21(2,3)4)20-10-13-23(20,14-15-25-18-24-6)12-9-11-22(5)26-16-17-27-22/h9,12,19-20H,10-11,13-18H2,1-8H3/b12-9-/t19?,20-,23+/m0/s1. The van der Waals surface area contributed by atoms with Gasteiger partial charge in [0.1, 0.15) is 6.79 Å². The largest absolute Gasteiger partial charge is 0.414 e. The van der Waals surface area contributed by atoms with Crippen molar-refractivity contribution in [3.05, 3.63) is 12.2 Å². The Morgan fingerprint density at radius 2 is 1.86 bits per heavy atom. The van der Waals surface area contributed by atoms with Gasteiger partial charge in [-0.3, -0.25) is 0 Å². The number of allylic oxidation sites excluding steroid dienone is 1. The molecule has 29 heavy (non-hydrogen) atoms. The Morgan fingerprint density at radius 3 is 2.38 bits per heavy atom. The SMILES string of the molecule is COCOCC[C@@]1(/C=C\CC2(C)OCCO2)CC[C@H]1C(C)O[Si](C)(C)C(C)(C)C. The minimum atomic E-state index is -1.80. The van der Waals surface area contributed by atoms with Crippen LogP contribution in [0.2, 0.25) is 18.1 Å². The second-order valence-electron chi connectivity index (χ2n) is 10.5. The van der Waals surface area contributed by atoms with Crippen LogP contribution in [0.4, 0.5) is 0 Å². The first kappa shape index (κ1) is 25.0. The summed E-state index contributed by atoms with van der Waals surface area (Å²) < 4.78 is 29.0. The smallest absolute Gasteiger partial charge is 0.192 e. The summed E-state index contributed by atoms with van der Waals surface area (Å²) in [5.74, 6) is 0.0319. The van der Waals surface area contributed by atoms with Crippen LogP contribution in [0.3, 0.4) is 0 Å². The van der Waals surface area contributed by atoms with Gasteiger partial charge in [0.05, 0.1) is 19.8 Å². The molecule has 3 atom stereocenters. The monoisotopic (exact) mass is 428 g/mol. The highest BCUT2D eigenvalue weighted by molar-refractivity contribution is 6.74. The Kier molecular flexibility index (Phi) is 8.56. The molecule has 0 aromatic rings. The first-order chi connectivity index (χ1) is 13.4. The van der Waals surface area contributed by atoms with Crippen LogP contribution in [0.25, 0.3) is 0 Å². The summed E-state index contributed by atoms with van der Waals surface area (Å²) in [6, 6.07) is 0. The molecule has 0 radical (unpaired) electrons. The molecule has 1 heterocycles. The fourth-order valence-electron chi connectivity index (χ4n) is 4.30. The van der Waals surface area contributed by atoms with Gasteiger partial charge in [-0.05, 0) is 62.6 Å². The maximum atomic E-state index is 6.78. The molecule has 2 rings (SSSR count). The van der Waals surface area contributed by atoms with Gasteiger partial charge in [0, 0.05) is 19.6 Å². The third-order valence-electron chi connectivity index (χ3n) is 7.26. The molecular weight excluding hydrogens is 384 g/mol. The summed E-state index contributed by atoms with van der Waals surface area (Å²) in [5, 5.41) is 0.219. The van der Waals surface area contributed by atoms with Crippen molar-refractivity contribution in [2.45, 2.75) is 90.3 Å². The summed E-state index contributed by atoms with van der Waals surface area (Å²) in [4.78, 5) is 0. The minimum absolute atomic E-state index is 0.116. The highest BCUT2D eigenvalue weighted by Gasteiger charge is 2.49. The average Bonchev–Trinajstić information content (AvgIpc) is 3.01.